The number of aromatic nitrogens is 1. The minimum absolute atomic E-state index is 0.146. The molecule has 6 heteroatoms. The molecule has 0 radical (unpaired) electrons. The van der Waals surface area contributed by atoms with Crippen molar-refractivity contribution >= 4 is 46.2 Å². The van der Waals surface area contributed by atoms with E-state index >= 15 is 0 Å². The molecular formula is C20H13Cl2N3O. The maximum atomic E-state index is 12.3. The van der Waals surface area contributed by atoms with Crippen LogP contribution in [-0.2, 0) is 4.79 Å². The van der Waals surface area contributed by atoms with Gasteiger partial charge < -0.3 is 5.32 Å². The normalized spacial score (nSPS) is 13.5. The maximum Gasteiger partial charge on any atom is 0.230 e. The third kappa shape index (κ3) is 3.34. The van der Waals surface area contributed by atoms with Crippen molar-refractivity contribution in [2.75, 3.05) is 5.32 Å². The SMILES string of the molecule is O=C1CC(c2cccc(-c3cccnc3)c2)=Nc2cc(Cl)c(Cl)cc2N1. The van der Waals surface area contributed by atoms with Gasteiger partial charge in [0.2, 0.25) is 5.91 Å². The third-order valence-corrected chi connectivity index (χ3v) is 4.81. The molecular weight excluding hydrogens is 369 g/mol. The first-order chi connectivity index (χ1) is 12.6. The monoisotopic (exact) mass is 381 g/mol. The highest BCUT2D eigenvalue weighted by Gasteiger charge is 2.19. The molecule has 0 aliphatic carbocycles. The molecule has 1 aliphatic heterocycles. The Labute approximate surface area is 160 Å². The van der Waals surface area contributed by atoms with E-state index in [1.54, 1.807) is 24.5 Å². The molecule has 2 heterocycles. The summed E-state index contributed by atoms with van der Waals surface area (Å²) < 4.78 is 0. The second-order valence-electron chi connectivity index (χ2n) is 5.89. The number of nitrogens with zero attached hydrogens (tertiary/aromatic N) is 2. The quantitative estimate of drug-likeness (QED) is 0.635. The number of anilines is 1. The summed E-state index contributed by atoms with van der Waals surface area (Å²) in [6, 6.07) is 15.1. The summed E-state index contributed by atoms with van der Waals surface area (Å²) in [5, 5.41) is 3.60. The molecule has 4 rings (SSSR count). The molecule has 1 aliphatic rings. The highest BCUT2D eigenvalue weighted by Crippen LogP contribution is 2.36. The molecule has 26 heavy (non-hydrogen) atoms. The molecule has 0 saturated heterocycles. The van der Waals surface area contributed by atoms with Crippen LogP contribution in [0.25, 0.3) is 11.1 Å². The van der Waals surface area contributed by atoms with Gasteiger partial charge in [-0.15, -0.1) is 0 Å². The van der Waals surface area contributed by atoms with E-state index in [2.05, 4.69) is 15.3 Å². The van der Waals surface area contributed by atoms with Crippen molar-refractivity contribution in [3.63, 3.8) is 0 Å². The zero-order valence-corrected chi connectivity index (χ0v) is 15.1. The number of aliphatic imine (C=N–C) groups is 1. The molecule has 1 amide bonds. The highest BCUT2D eigenvalue weighted by molar-refractivity contribution is 6.42. The lowest BCUT2D eigenvalue weighted by Gasteiger charge is -2.07. The summed E-state index contributed by atoms with van der Waals surface area (Å²) >= 11 is 12.2. The van der Waals surface area contributed by atoms with Crippen molar-refractivity contribution in [1.82, 2.24) is 4.98 Å². The van der Waals surface area contributed by atoms with Crippen LogP contribution in [0.2, 0.25) is 10.0 Å². The fourth-order valence-corrected chi connectivity index (χ4v) is 3.16. The second kappa shape index (κ2) is 6.90. The van der Waals surface area contributed by atoms with Gasteiger partial charge in [-0.1, -0.05) is 47.5 Å². The van der Waals surface area contributed by atoms with Gasteiger partial charge in [-0.3, -0.25) is 14.8 Å². The summed E-state index contributed by atoms with van der Waals surface area (Å²) in [4.78, 5) is 21.1. The van der Waals surface area contributed by atoms with Crippen LogP contribution >= 0.6 is 23.2 Å². The molecule has 0 bridgehead atoms. The summed E-state index contributed by atoms with van der Waals surface area (Å²) in [7, 11) is 0. The Hall–Kier alpha value is -2.69. The molecule has 0 fully saturated rings. The first kappa shape index (κ1) is 16.8. The smallest absolute Gasteiger partial charge is 0.230 e. The van der Waals surface area contributed by atoms with Gasteiger partial charge in [0.25, 0.3) is 0 Å². The summed E-state index contributed by atoms with van der Waals surface area (Å²) in [6.07, 6.45) is 3.71. The Bertz CT molecular complexity index is 1030. The van der Waals surface area contributed by atoms with Crippen molar-refractivity contribution in [1.29, 1.82) is 0 Å². The first-order valence-electron chi connectivity index (χ1n) is 7.97. The standard InChI is InChI=1S/C20H13Cl2N3O/c21-15-8-18-19(9-16(15)22)25-20(26)10-17(24-18)13-4-1-3-12(7-13)14-5-2-6-23-11-14/h1-9,11H,10H2,(H,25,26). The van der Waals surface area contributed by atoms with E-state index in [0.717, 1.165) is 16.7 Å². The fraction of sp³-hybridized carbons (Fsp3) is 0.0500. The Balaban J connectivity index is 1.80. The molecule has 2 aromatic carbocycles. The Morgan fingerprint density at radius 3 is 2.50 bits per heavy atom. The van der Waals surface area contributed by atoms with Crippen LogP contribution in [0.4, 0.5) is 11.4 Å². The molecule has 128 valence electrons. The van der Waals surface area contributed by atoms with Crippen LogP contribution in [0.5, 0.6) is 0 Å². The molecule has 0 atom stereocenters. The highest BCUT2D eigenvalue weighted by atomic mass is 35.5. The minimum atomic E-state index is -0.146. The number of amides is 1. The number of benzene rings is 2. The van der Waals surface area contributed by atoms with Gasteiger partial charge in [0.05, 0.1) is 33.6 Å². The lowest BCUT2D eigenvalue weighted by molar-refractivity contribution is -0.115. The molecule has 0 saturated carbocycles. The number of hydrogen-bond donors (Lipinski definition) is 1. The number of pyridine rings is 1. The first-order valence-corrected chi connectivity index (χ1v) is 8.73. The van der Waals surface area contributed by atoms with Crippen molar-refractivity contribution < 1.29 is 4.79 Å². The molecule has 1 N–H and O–H groups in total. The topological polar surface area (TPSA) is 54.4 Å². The van der Waals surface area contributed by atoms with Crippen LogP contribution in [-0.4, -0.2) is 16.6 Å². The predicted octanol–water partition coefficient (Wildman–Crippen LogP) is 5.52. The lowest BCUT2D eigenvalue weighted by atomic mass is 10.0. The van der Waals surface area contributed by atoms with E-state index in [-0.39, 0.29) is 12.3 Å². The van der Waals surface area contributed by atoms with E-state index in [1.807, 2.05) is 36.4 Å². The molecule has 3 aromatic rings. The molecule has 1 aromatic heterocycles. The number of hydrogen-bond acceptors (Lipinski definition) is 3. The van der Waals surface area contributed by atoms with Crippen LogP contribution in [0.1, 0.15) is 12.0 Å². The number of halogens is 2. The van der Waals surface area contributed by atoms with Gasteiger partial charge in [-0.25, -0.2) is 0 Å². The van der Waals surface area contributed by atoms with Crippen LogP contribution in [0.15, 0.2) is 65.9 Å². The zero-order valence-electron chi connectivity index (χ0n) is 13.5. The molecule has 4 nitrogen and oxygen atoms in total. The number of nitrogens with one attached hydrogen (secondary N) is 1. The van der Waals surface area contributed by atoms with Gasteiger partial charge in [0.1, 0.15) is 0 Å². The average molecular weight is 382 g/mol. The Morgan fingerprint density at radius 2 is 1.69 bits per heavy atom. The lowest BCUT2D eigenvalue weighted by Crippen LogP contribution is -2.15. The molecule has 0 spiro atoms. The van der Waals surface area contributed by atoms with E-state index in [4.69, 9.17) is 23.2 Å². The number of fused-ring (bicyclic) bond motifs is 1. The second-order valence-corrected chi connectivity index (χ2v) is 6.70. The average Bonchev–Trinajstić information content (AvgIpc) is 2.81. The van der Waals surface area contributed by atoms with Gasteiger partial charge in [0, 0.05) is 18.0 Å². The zero-order chi connectivity index (χ0) is 18.1. The van der Waals surface area contributed by atoms with E-state index in [0.29, 0.717) is 27.1 Å². The Kier molecular flexibility index (Phi) is 4.45. The van der Waals surface area contributed by atoms with Crippen LogP contribution in [0.3, 0.4) is 0 Å². The van der Waals surface area contributed by atoms with Crippen molar-refractivity contribution in [3.05, 3.63) is 76.5 Å². The maximum absolute atomic E-state index is 12.3. The minimum Gasteiger partial charge on any atom is -0.324 e. The summed E-state index contributed by atoms with van der Waals surface area (Å²) in [5.41, 5.74) is 4.71. The number of carbonyl (C=O) groups excluding carboxylic acids is 1. The van der Waals surface area contributed by atoms with Crippen molar-refractivity contribution in [2.45, 2.75) is 6.42 Å². The van der Waals surface area contributed by atoms with Crippen molar-refractivity contribution in [2.24, 2.45) is 4.99 Å². The largest absolute Gasteiger partial charge is 0.324 e. The predicted molar refractivity (Wildman–Crippen MR) is 106 cm³/mol. The van der Waals surface area contributed by atoms with E-state index in [9.17, 15) is 4.79 Å². The van der Waals surface area contributed by atoms with Crippen LogP contribution in [0, 0.1) is 0 Å². The van der Waals surface area contributed by atoms with E-state index in [1.165, 1.54) is 0 Å². The van der Waals surface area contributed by atoms with Gasteiger partial charge in [-0.2, -0.15) is 0 Å². The van der Waals surface area contributed by atoms with Gasteiger partial charge in [0.15, 0.2) is 0 Å². The van der Waals surface area contributed by atoms with Gasteiger partial charge >= 0.3 is 0 Å². The van der Waals surface area contributed by atoms with Gasteiger partial charge in [-0.05, 0) is 35.4 Å². The number of rotatable bonds is 2. The molecule has 0 unspecified atom stereocenters. The van der Waals surface area contributed by atoms with Crippen LogP contribution < -0.4 is 5.32 Å². The summed E-state index contributed by atoms with van der Waals surface area (Å²) in [6.45, 7) is 0. The summed E-state index contributed by atoms with van der Waals surface area (Å²) in [5.74, 6) is -0.146. The van der Waals surface area contributed by atoms with E-state index < -0.39 is 0 Å². The third-order valence-electron chi connectivity index (χ3n) is 4.09. The Morgan fingerprint density at radius 1 is 0.923 bits per heavy atom. The van der Waals surface area contributed by atoms with Crippen molar-refractivity contribution in [3.8, 4) is 11.1 Å². The number of carbonyl (C=O) groups is 1. The fourth-order valence-electron chi connectivity index (χ4n) is 2.84.